The van der Waals surface area contributed by atoms with Crippen molar-refractivity contribution < 1.29 is 0 Å². The minimum absolute atomic E-state index is 0.248. The Hall–Kier alpha value is -1.32. The second kappa shape index (κ2) is 3.20. The van der Waals surface area contributed by atoms with E-state index in [2.05, 4.69) is 14.9 Å². The molecule has 2 heterocycles. The summed E-state index contributed by atoms with van der Waals surface area (Å²) in [6, 6.07) is 1.92. The maximum atomic E-state index is 11.1. The van der Waals surface area contributed by atoms with Crippen LogP contribution in [0.4, 0.5) is 5.82 Å². The second-order valence-corrected chi connectivity index (χ2v) is 3.42. The highest BCUT2D eigenvalue weighted by Crippen LogP contribution is 2.15. The fourth-order valence-corrected chi connectivity index (χ4v) is 1.67. The van der Waals surface area contributed by atoms with Gasteiger partial charge < -0.3 is 9.88 Å². The van der Waals surface area contributed by atoms with Crippen molar-refractivity contribution in [1.82, 2.24) is 9.97 Å². The number of aromatic nitrogens is 2. The first-order valence-electron chi connectivity index (χ1n) is 4.58. The smallest absolute Gasteiger partial charge is 0.347 e. The highest BCUT2D eigenvalue weighted by Gasteiger charge is 2.13. The number of hydrogen-bond donors (Lipinski definition) is 1. The molecule has 1 aliphatic heterocycles. The minimum atomic E-state index is -0.248. The number of nitrogens with one attached hydrogen (secondary N) is 1. The largest absolute Gasteiger partial charge is 0.356 e. The maximum Gasteiger partial charge on any atom is 0.347 e. The summed E-state index contributed by atoms with van der Waals surface area (Å²) in [4.78, 5) is 19.8. The molecule has 4 nitrogen and oxygen atoms in total. The van der Waals surface area contributed by atoms with Crippen molar-refractivity contribution in [3.05, 3.63) is 22.2 Å². The Morgan fingerprint density at radius 3 is 2.77 bits per heavy atom. The Balaban J connectivity index is 2.33. The van der Waals surface area contributed by atoms with E-state index in [0.717, 1.165) is 24.6 Å². The van der Waals surface area contributed by atoms with Gasteiger partial charge in [0, 0.05) is 18.8 Å². The molecule has 1 N–H and O–H groups in total. The first-order valence-corrected chi connectivity index (χ1v) is 4.58. The van der Waals surface area contributed by atoms with Crippen LogP contribution in [0.1, 0.15) is 18.5 Å². The summed E-state index contributed by atoms with van der Waals surface area (Å²) in [5, 5.41) is 0. The van der Waals surface area contributed by atoms with Crippen molar-refractivity contribution in [2.75, 3.05) is 18.0 Å². The molecular weight excluding hydrogens is 166 g/mol. The molecular formula is C9H13N3O. The molecule has 70 valence electrons. The molecule has 1 aromatic heterocycles. The van der Waals surface area contributed by atoms with Gasteiger partial charge in [0.25, 0.3) is 0 Å². The Morgan fingerprint density at radius 1 is 1.46 bits per heavy atom. The SMILES string of the molecule is Cc1cc(N2CCCC2)nc(=O)[nH]1. The molecule has 1 aliphatic rings. The lowest BCUT2D eigenvalue weighted by Crippen LogP contribution is -2.23. The number of aromatic amines is 1. The van der Waals surface area contributed by atoms with Crippen LogP contribution in [0.2, 0.25) is 0 Å². The van der Waals surface area contributed by atoms with E-state index in [0.29, 0.717) is 0 Å². The zero-order valence-electron chi connectivity index (χ0n) is 7.71. The zero-order chi connectivity index (χ0) is 9.26. The molecule has 2 rings (SSSR count). The predicted molar refractivity (Wildman–Crippen MR) is 51.0 cm³/mol. The molecule has 1 saturated heterocycles. The average molecular weight is 179 g/mol. The molecule has 0 saturated carbocycles. The summed E-state index contributed by atoms with van der Waals surface area (Å²) >= 11 is 0. The summed E-state index contributed by atoms with van der Waals surface area (Å²) in [5.74, 6) is 0.818. The number of aryl methyl sites for hydroxylation is 1. The molecule has 0 aliphatic carbocycles. The Bertz CT molecular complexity index is 352. The Morgan fingerprint density at radius 2 is 2.15 bits per heavy atom. The van der Waals surface area contributed by atoms with Gasteiger partial charge in [0.1, 0.15) is 5.82 Å². The van der Waals surface area contributed by atoms with Crippen LogP contribution < -0.4 is 10.6 Å². The summed E-state index contributed by atoms with van der Waals surface area (Å²) in [5.41, 5.74) is 0.629. The third-order valence-corrected chi connectivity index (χ3v) is 2.30. The molecule has 1 fully saturated rings. The van der Waals surface area contributed by atoms with Crippen LogP contribution in [0, 0.1) is 6.92 Å². The van der Waals surface area contributed by atoms with Crippen LogP contribution in [0.25, 0.3) is 0 Å². The number of hydrogen-bond acceptors (Lipinski definition) is 3. The van der Waals surface area contributed by atoms with Gasteiger partial charge in [-0.15, -0.1) is 0 Å². The quantitative estimate of drug-likeness (QED) is 0.689. The van der Waals surface area contributed by atoms with Crippen LogP contribution in [-0.4, -0.2) is 23.1 Å². The molecule has 0 unspecified atom stereocenters. The predicted octanol–water partition coefficient (Wildman–Crippen LogP) is 0.679. The van der Waals surface area contributed by atoms with E-state index in [1.165, 1.54) is 12.8 Å². The van der Waals surface area contributed by atoms with Gasteiger partial charge in [0.2, 0.25) is 0 Å². The number of nitrogens with zero attached hydrogens (tertiary/aromatic N) is 2. The number of H-pyrrole nitrogens is 1. The third-order valence-electron chi connectivity index (χ3n) is 2.30. The first-order chi connectivity index (χ1) is 6.25. The fourth-order valence-electron chi connectivity index (χ4n) is 1.67. The van der Waals surface area contributed by atoms with Crippen molar-refractivity contribution in [3.63, 3.8) is 0 Å². The van der Waals surface area contributed by atoms with E-state index in [1.807, 2.05) is 13.0 Å². The van der Waals surface area contributed by atoms with Gasteiger partial charge in [-0.05, 0) is 25.8 Å². The van der Waals surface area contributed by atoms with E-state index >= 15 is 0 Å². The lowest BCUT2D eigenvalue weighted by atomic mass is 10.4. The number of rotatable bonds is 1. The summed E-state index contributed by atoms with van der Waals surface area (Å²) in [6.07, 6.45) is 2.40. The van der Waals surface area contributed by atoms with E-state index in [9.17, 15) is 4.79 Å². The van der Waals surface area contributed by atoms with E-state index in [4.69, 9.17) is 0 Å². The lowest BCUT2D eigenvalue weighted by molar-refractivity contribution is 0.902. The van der Waals surface area contributed by atoms with Crippen LogP contribution in [0.5, 0.6) is 0 Å². The molecule has 4 heteroatoms. The molecule has 0 radical (unpaired) electrons. The molecule has 1 aromatic rings. The molecule has 0 atom stereocenters. The fraction of sp³-hybridized carbons (Fsp3) is 0.556. The highest BCUT2D eigenvalue weighted by molar-refractivity contribution is 5.39. The summed E-state index contributed by atoms with van der Waals surface area (Å²) in [6.45, 7) is 3.93. The van der Waals surface area contributed by atoms with Gasteiger partial charge in [-0.2, -0.15) is 4.98 Å². The summed E-state index contributed by atoms with van der Waals surface area (Å²) < 4.78 is 0. The average Bonchev–Trinajstić information content (AvgIpc) is 2.53. The van der Waals surface area contributed by atoms with Crippen LogP contribution in [-0.2, 0) is 0 Å². The Kier molecular flexibility index (Phi) is 2.04. The molecule has 0 aromatic carbocycles. The van der Waals surface area contributed by atoms with Crippen molar-refractivity contribution in [1.29, 1.82) is 0 Å². The molecule has 13 heavy (non-hydrogen) atoms. The van der Waals surface area contributed by atoms with E-state index in [1.54, 1.807) is 0 Å². The monoisotopic (exact) mass is 179 g/mol. The van der Waals surface area contributed by atoms with Crippen LogP contribution in [0.3, 0.4) is 0 Å². The zero-order valence-corrected chi connectivity index (χ0v) is 7.71. The highest BCUT2D eigenvalue weighted by atomic mass is 16.1. The molecule has 0 bridgehead atoms. The van der Waals surface area contributed by atoms with E-state index in [-0.39, 0.29) is 5.69 Å². The van der Waals surface area contributed by atoms with Gasteiger partial charge >= 0.3 is 5.69 Å². The number of anilines is 1. The first kappa shape index (κ1) is 8.29. The Labute approximate surface area is 76.6 Å². The van der Waals surface area contributed by atoms with Crippen molar-refractivity contribution in [3.8, 4) is 0 Å². The van der Waals surface area contributed by atoms with Gasteiger partial charge in [0.05, 0.1) is 0 Å². The molecule has 0 spiro atoms. The van der Waals surface area contributed by atoms with Gasteiger partial charge in [-0.25, -0.2) is 4.79 Å². The van der Waals surface area contributed by atoms with Crippen LogP contribution >= 0.6 is 0 Å². The van der Waals surface area contributed by atoms with Gasteiger partial charge in [-0.3, -0.25) is 0 Å². The van der Waals surface area contributed by atoms with E-state index < -0.39 is 0 Å². The van der Waals surface area contributed by atoms with Crippen molar-refractivity contribution >= 4 is 5.82 Å². The minimum Gasteiger partial charge on any atom is -0.356 e. The topological polar surface area (TPSA) is 49.0 Å². The van der Waals surface area contributed by atoms with Crippen LogP contribution in [0.15, 0.2) is 10.9 Å². The second-order valence-electron chi connectivity index (χ2n) is 3.42. The third kappa shape index (κ3) is 1.71. The summed E-state index contributed by atoms with van der Waals surface area (Å²) in [7, 11) is 0. The van der Waals surface area contributed by atoms with Gasteiger partial charge in [0.15, 0.2) is 0 Å². The maximum absolute atomic E-state index is 11.1. The normalized spacial score (nSPS) is 16.5. The van der Waals surface area contributed by atoms with Crippen molar-refractivity contribution in [2.45, 2.75) is 19.8 Å². The lowest BCUT2D eigenvalue weighted by Gasteiger charge is -2.15. The van der Waals surface area contributed by atoms with Crippen molar-refractivity contribution in [2.24, 2.45) is 0 Å². The van der Waals surface area contributed by atoms with Gasteiger partial charge in [-0.1, -0.05) is 0 Å². The standard InChI is InChI=1S/C9H13N3O/c1-7-6-8(11-9(13)10-7)12-4-2-3-5-12/h6H,2-5H2,1H3,(H,10,11,13). The molecule has 0 amide bonds.